The highest BCUT2D eigenvalue weighted by atomic mass is 16.5. The molecule has 5 nitrogen and oxygen atoms in total. The van der Waals surface area contributed by atoms with Crippen LogP contribution in [0.5, 0.6) is 0 Å². The molecule has 0 spiro atoms. The van der Waals surface area contributed by atoms with Crippen LogP contribution in [0.1, 0.15) is 39.9 Å². The second-order valence-electron chi connectivity index (χ2n) is 5.83. The van der Waals surface area contributed by atoms with E-state index in [9.17, 15) is 0 Å². The minimum Gasteiger partial charge on any atom is -0.378 e. The van der Waals surface area contributed by atoms with Crippen molar-refractivity contribution >= 4 is 0 Å². The second kappa shape index (κ2) is 6.01. The summed E-state index contributed by atoms with van der Waals surface area (Å²) in [6.07, 6.45) is 3.94. The van der Waals surface area contributed by atoms with Crippen molar-refractivity contribution in [2.45, 2.75) is 59.2 Å². The van der Waals surface area contributed by atoms with Gasteiger partial charge in [0.2, 0.25) is 0 Å². The van der Waals surface area contributed by atoms with Crippen LogP contribution in [0.2, 0.25) is 0 Å². The molecule has 0 saturated carbocycles. The van der Waals surface area contributed by atoms with Crippen LogP contribution in [0.15, 0.2) is 6.33 Å². The van der Waals surface area contributed by atoms with Gasteiger partial charge in [-0.05, 0) is 20.3 Å². The minimum atomic E-state index is 0.143. The molecule has 0 radical (unpaired) electrons. The summed E-state index contributed by atoms with van der Waals surface area (Å²) in [6.45, 7) is 11.3. The lowest BCUT2D eigenvalue weighted by Gasteiger charge is -2.33. The van der Waals surface area contributed by atoms with Crippen LogP contribution in [0.25, 0.3) is 0 Å². The van der Waals surface area contributed by atoms with Crippen molar-refractivity contribution in [2.75, 3.05) is 13.2 Å². The zero-order chi connectivity index (χ0) is 13.9. The fraction of sp³-hybridized carbons (Fsp3) is 0.857. The largest absolute Gasteiger partial charge is 0.378 e. The van der Waals surface area contributed by atoms with Crippen LogP contribution < -0.4 is 5.32 Å². The van der Waals surface area contributed by atoms with Gasteiger partial charge in [-0.15, -0.1) is 0 Å². The Hall–Kier alpha value is -0.940. The van der Waals surface area contributed by atoms with Crippen LogP contribution in [0, 0.1) is 5.41 Å². The van der Waals surface area contributed by atoms with E-state index < -0.39 is 0 Å². The van der Waals surface area contributed by atoms with Gasteiger partial charge in [0.25, 0.3) is 0 Å². The Bertz CT molecular complexity index is 404. The van der Waals surface area contributed by atoms with E-state index >= 15 is 0 Å². The van der Waals surface area contributed by atoms with E-state index in [1.54, 1.807) is 6.33 Å². The van der Waals surface area contributed by atoms with Crippen LogP contribution >= 0.6 is 0 Å². The molecule has 0 aliphatic carbocycles. The van der Waals surface area contributed by atoms with Crippen molar-refractivity contribution in [3.05, 3.63) is 12.2 Å². The maximum Gasteiger partial charge on any atom is 0.138 e. The molecule has 19 heavy (non-hydrogen) atoms. The number of hydrogen-bond acceptors (Lipinski definition) is 4. The Morgan fingerprint density at radius 1 is 1.58 bits per heavy atom. The smallest absolute Gasteiger partial charge is 0.138 e. The van der Waals surface area contributed by atoms with E-state index in [0.29, 0.717) is 6.04 Å². The zero-order valence-corrected chi connectivity index (χ0v) is 12.5. The lowest BCUT2D eigenvalue weighted by molar-refractivity contribution is 0.0605. The van der Waals surface area contributed by atoms with Crippen LogP contribution in [0.3, 0.4) is 0 Å². The van der Waals surface area contributed by atoms with Crippen LogP contribution in [-0.4, -0.2) is 40.1 Å². The number of aromatic nitrogens is 3. The molecule has 2 rings (SSSR count). The van der Waals surface area contributed by atoms with Crippen molar-refractivity contribution < 1.29 is 4.74 Å². The summed E-state index contributed by atoms with van der Waals surface area (Å²) in [5, 5.41) is 7.84. The standard InChI is InChI=1S/C14H26N4O/c1-5-18-13(16-10-17-18)8-14(9-15-11(2)3)6-7-19-12(14)4/h10-12,15H,5-9H2,1-4H3. The quantitative estimate of drug-likeness (QED) is 0.850. The highest BCUT2D eigenvalue weighted by Crippen LogP contribution is 2.37. The van der Waals surface area contributed by atoms with Crippen molar-refractivity contribution in [3.63, 3.8) is 0 Å². The number of aryl methyl sites for hydroxylation is 1. The van der Waals surface area contributed by atoms with Gasteiger partial charge in [-0.2, -0.15) is 5.10 Å². The summed E-state index contributed by atoms with van der Waals surface area (Å²) in [5.41, 5.74) is 0.143. The van der Waals surface area contributed by atoms with Gasteiger partial charge in [-0.25, -0.2) is 4.98 Å². The molecule has 1 aliphatic rings. The molecular formula is C14H26N4O. The molecule has 0 bridgehead atoms. The Morgan fingerprint density at radius 2 is 2.37 bits per heavy atom. The predicted octanol–water partition coefficient (Wildman–Crippen LogP) is 1.63. The molecule has 0 aromatic carbocycles. The summed E-state index contributed by atoms with van der Waals surface area (Å²) in [6, 6.07) is 0.494. The Kier molecular flexibility index (Phi) is 4.58. The summed E-state index contributed by atoms with van der Waals surface area (Å²) in [4.78, 5) is 4.43. The van der Waals surface area contributed by atoms with Gasteiger partial charge in [0, 0.05) is 37.6 Å². The van der Waals surface area contributed by atoms with E-state index in [2.05, 4.69) is 43.1 Å². The van der Waals surface area contributed by atoms with Gasteiger partial charge in [0.1, 0.15) is 12.2 Å². The maximum atomic E-state index is 5.83. The van der Waals surface area contributed by atoms with Crippen molar-refractivity contribution in [1.29, 1.82) is 0 Å². The molecule has 1 fully saturated rings. The first-order valence-corrected chi connectivity index (χ1v) is 7.29. The highest BCUT2D eigenvalue weighted by Gasteiger charge is 2.42. The third-order valence-electron chi connectivity index (χ3n) is 4.20. The third kappa shape index (κ3) is 3.15. The molecule has 2 atom stereocenters. The number of nitrogens with zero attached hydrogens (tertiary/aromatic N) is 3. The van der Waals surface area contributed by atoms with Crippen molar-refractivity contribution in [1.82, 2.24) is 20.1 Å². The normalized spacial score (nSPS) is 27.3. The molecule has 2 unspecified atom stereocenters. The fourth-order valence-corrected chi connectivity index (χ4v) is 2.76. The second-order valence-corrected chi connectivity index (χ2v) is 5.83. The monoisotopic (exact) mass is 266 g/mol. The predicted molar refractivity (Wildman–Crippen MR) is 75.0 cm³/mol. The minimum absolute atomic E-state index is 0.143. The average molecular weight is 266 g/mol. The lowest BCUT2D eigenvalue weighted by atomic mass is 9.78. The first kappa shape index (κ1) is 14.5. The summed E-state index contributed by atoms with van der Waals surface area (Å²) in [7, 11) is 0. The molecule has 1 aromatic rings. The van der Waals surface area contributed by atoms with E-state index in [-0.39, 0.29) is 11.5 Å². The zero-order valence-electron chi connectivity index (χ0n) is 12.5. The van der Waals surface area contributed by atoms with E-state index in [1.165, 1.54) is 0 Å². The number of rotatable bonds is 6. The molecule has 1 N–H and O–H groups in total. The summed E-state index contributed by atoms with van der Waals surface area (Å²) >= 11 is 0. The summed E-state index contributed by atoms with van der Waals surface area (Å²) in [5.74, 6) is 1.07. The highest BCUT2D eigenvalue weighted by molar-refractivity contribution is 5.00. The molecule has 1 aromatic heterocycles. The Labute approximate surface area is 115 Å². The van der Waals surface area contributed by atoms with Gasteiger partial charge in [-0.3, -0.25) is 4.68 Å². The van der Waals surface area contributed by atoms with E-state index in [0.717, 1.165) is 38.4 Å². The van der Waals surface area contributed by atoms with Gasteiger partial charge in [-0.1, -0.05) is 13.8 Å². The topological polar surface area (TPSA) is 52.0 Å². The van der Waals surface area contributed by atoms with Gasteiger partial charge >= 0.3 is 0 Å². The molecular weight excluding hydrogens is 240 g/mol. The van der Waals surface area contributed by atoms with Crippen molar-refractivity contribution in [3.8, 4) is 0 Å². The molecule has 5 heteroatoms. The van der Waals surface area contributed by atoms with Crippen LogP contribution in [-0.2, 0) is 17.7 Å². The number of ether oxygens (including phenoxy) is 1. The average Bonchev–Trinajstić information content (AvgIpc) is 2.95. The van der Waals surface area contributed by atoms with Gasteiger partial charge in [0.05, 0.1) is 6.10 Å². The molecule has 108 valence electrons. The van der Waals surface area contributed by atoms with Gasteiger partial charge in [0.15, 0.2) is 0 Å². The number of hydrogen-bond donors (Lipinski definition) is 1. The van der Waals surface area contributed by atoms with E-state index in [4.69, 9.17) is 4.74 Å². The Morgan fingerprint density at radius 3 is 2.95 bits per heavy atom. The van der Waals surface area contributed by atoms with Gasteiger partial charge < -0.3 is 10.1 Å². The summed E-state index contributed by atoms with van der Waals surface area (Å²) < 4.78 is 7.81. The lowest BCUT2D eigenvalue weighted by Crippen LogP contribution is -2.44. The maximum absolute atomic E-state index is 5.83. The molecule has 0 amide bonds. The first-order valence-electron chi connectivity index (χ1n) is 7.29. The number of nitrogens with one attached hydrogen (secondary N) is 1. The van der Waals surface area contributed by atoms with Crippen LogP contribution in [0.4, 0.5) is 0 Å². The SMILES string of the molecule is CCn1ncnc1CC1(CNC(C)C)CCOC1C. The molecule has 2 heterocycles. The first-order chi connectivity index (χ1) is 9.07. The third-order valence-corrected chi connectivity index (χ3v) is 4.20. The fourth-order valence-electron chi connectivity index (χ4n) is 2.76. The molecule has 1 aliphatic heterocycles. The van der Waals surface area contributed by atoms with Crippen molar-refractivity contribution in [2.24, 2.45) is 5.41 Å². The van der Waals surface area contributed by atoms with E-state index in [1.807, 2.05) is 4.68 Å². The Balaban J connectivity index is 2.14. The molecule has 1 saturated heterocycles.